The third-order valence-corrected chi connectivity index (χ3v) is 6.65. The summed E-state index contributed by atoms with van der Waals surface area (Å²) in [6.45, 7) is 0. The lowest BCUT2D eigenvalue weighted by Gasteiger charge is -2.35. The highest BCUT2D eigenvalue weighted by Crippen LogP contribution is 2.45. The van der Waals surface area contributed by atoms with Gasteiger partial charge in [0.1, 0.15) is 6.10 Å². The van der Waals surface area contributed by atoms with Crippen molar-refractivity contribution in [2.24, 2.45) is 0 Å². The first-order valence-electron chi connectivity index (χ1n) is 10.2. The number of anilines is 2. The molecule has 1 aromatic heterocycles. The molecule has 1 atom stereocenters. The van der Waals surface area contributed by atoms with Gasteiger partial charge < -0.3 is 15.2 Å². The molecule has 1 saturated carbocycles. The first-order valence-corrected chi connectivity index (χ1v) is 11.0. The van der Waals surface area contributed by atoms with Gasteiger partial charge in [0, 0.05) is 23.3 Å². The summed E-state index contributed by atoms with van der Waals surface area (Å²) in [7, 11) is 0. The van der Waals surface area contributed by atoms with Crippen LogP contribution in [0.5, 0.6) is 5.75 Å². The summed E-state index contributed by atoms with van der Waals surface area (Å²) in [5, 5.41) is 14.2. The molecule has 30 heavy (non-hydrogen) atoms. The van der Waals surface area contributed by atoms with Gasteiger partial charge in [0.2, 0.25) is 0 Å². The summed E-state index contributed by atoms with van der Waals surface area (Å²) < 4.78 is 32.9. The van der Waals surface area contributed by atoms with Crippen LogP contribution in [0.1, 0.15) is 42.4 Å². The van der Waals surface area contributed by atoms with E-state index in [1.54, 1.807) is 0 Å². The number of hydrogen-bond donors (Lipinski definition) is 2. The number of para-hydroxylation sites is 1. The van der Waals surface area contributed by atoms with Gasteiger partial charge >= 0.3 is 0 Å². The molecule has 1 heterocycles. The number of nitrogens with zero attached hydrogens (tertiary/aromatic N) is 1. The number of aryl methyl sites for hydroxylation is 1. The molecule has 0 radical (unpaired) electrons. The second-order valence-corrected chi connectivity index (χ2v) is 9.00. The van der Waals surface area contributed by atoms with Crippen molar-refractivity contribution in [3.8, 4) is 16.9 Å². The first-order chi connectivity index (χ1) is 14.5. The minimum Gasteiger partial charge on any atom is -0.487 e. The van der Waals surface area contributed by atoms with Crippen LogP contribution in [-0.2, 0) is 6.42 Å². The van der Waals surface area contributed by atoms with Crippen LogP contribution in [0.4, 0.5) is 19.6 Å². The van der Waals surface area contributed by atoms with Crippen LogP contribution in [0.3, 0.4) is 0 Å². The summed E-state index contributed by atoms with van der Waals surface area (Å²) in [5.74, 6) is -2.09. The molecule has 2 N–H and O–H groups in total. The van der Waals surface area contributed by atoms with E-state index in [1.807, 2.05) is 48.5 Å². The largest absolute Gasteiger partial charge is 0.487 e. The second-order valence-electron chi connectivity index (χ2n) is 7.91. The fourth-order valence-corrected chi connectivity index (χ4v) is 5.10. The zero-order valence-corrected chi connectivity index (χ0v) is 17.1. The van der Waals surface area contributed by atoms with Crippen molar-refractivity contribution < 1.29 is 18.6 Å². The Morgan fingerprint density at radius 2 is 1.90 bits per heavy atom. The third-order valence-electron chi connectivity index (χ3n) is 5.60. The van der Waals surface area contributed by atoms with Crippen molar-refractivity contribution in [3.63, 3.8) is 0 Å². The van der Waals surface area contributed by atoms with Crippen LogP contribution >= 0.6 is 11.3 Å². The van der Waals surface area contributed by atoms with E-state index >= 15 is 0 Å². The first kappa shape index (κ1) is 19.5. The van der Waals surface area contributed by atoms with E-state index in [4.69, 9.17) is 4.74 Å². The molecule has 0 bridgehead atoms. The van der Waals surface area contributed by atoms with Gasteiger partial charge in [-0.05, 0) is 30.9 Å². The van der Waals surface area contributed by atoms with Gasteiger partial charge in [-0.15, -0.1) is 11.3 Å². The van der Waals surface area contributed by atoms with E-state index in [2.05, 4.69) is 10.3 Å². The number of alkyl halides is 2. The van der Waals surface area contributed by atoms with Crippen molar-refractivity contribution >= 4 is 22.2 Å². The number of fused-ring (bicyclic) bond motifs is 1. The number of thiazole rings is 1. The lowest BCUT2D eigenvalue weighted by Crippen LogP contribution is -2.43. The van der Waals surface area contributed by atoms with Crippen molar-refractivity contribution in [2.45, 2.75) is 50.2 Å². The molecule has 2 aromatic carbocycles. The predicted octanol–water partition coefficient (Wildman–Crippen LogP) is 6.10. The monoisotopic (exact) mass is 428 g/mol. The van der Waals surface area contributed by atoms with Gasteiger partial charge in [-0.1, -0.05) is 42.5 Å². The predicted molar refractivity (Wildman–Crippen MR) is 114 cm³/mol. The van der Waals surface area contributed by atoms with Crippen LogP contribution in [0.2, 0.25) is 0 Å². The van der Waals surface area contributed by atoms with Crippen molar-refractivity contribution in [1.82, 2.24) is 4.98 Å². The molecule has 0 amide bonds. The van der Waals surface area contributed by atoms with Gasteiger partial charge in [0.15, 0.2) is 10.9 Å². The minimum atomic E-state index is -2.65. The molecule has 2 aliphatic carbocycles. The number of rotatable bonds is 5. The molecule has 4 nitrogen and oxygen atoms in total. The van der Waals surface area contributed by atoms with E-state index in [9.17, 15) is 13.9 Å². The number of halogens is 2. The molecule has 1 unspecified atom stereocenters. The highest BCUT2D eigenvalue weighted by molar-refractivity contribution is 7.15. The average molecular weight is 429 g/mol. The number of benzene rings is 2. The Balaban J connectivity index is 1.49. The molecule has 0 saturated heterocycles. The summed E-state index contributed by atoms with van der Waals surface area (Å²) in [6, 6.07) is 15.5. The standard InChI is InChI=1S/C23H22F2N2O2S/c24-23(25)12-15(13-23)29-21-16(14-6-2-1-3-7-14)8-4-9-17(21)26-22-27-20-18(28)10-5-11-19(20)30-22/h1-4,6-9,15,18,28H,5,10-13H2,(H,26,27). The number of hydrogen-bond acceptors (Lipinski definition) is 5. The Bertz CT molecular complexity index is 1050. The number of aromatic nitrogens is 1. The molecular formula is C23H22F2N2O2S. The summed E-state index contributed by atoms with van der Waals surface area (Å²) in [4.78, 5) is 5.68. The third kappa shape index (κ3) is 3.79. The second kappa shape index (κ2) is 7.63. The maximum Gasteiger partial charge on any atom is 0.255 e. The van der Waals surface area contributed by atoms with E-state index in [0.29, 0.717) is 16.6 Å². The molecule has 1 fully saturated rings. The molecular weight excluding hydrogens is 406 g/mol. The molecule has 2 aliphatic rings. The normalized spacial score (nSPS) is 20.3. The molecule has 0 spiro atoms. The van der Waals surface area contributed by atoms with Crippen LogP contribution in [0.15, 0.2) is 48.5 Å². The highest BCUT2D eigenvalue weighted by Gasteiger charge is 2.47. The lowest BCUT2D eigenvalue weighted by atomic mass is 9.90. The van der Waals surface area contributed by atoms with Gasteiger partial charge in [0.25, 0.3) is 5.92 Å². The van der Waals surface area contributed by atoms with Crippen molar-refractivity contribution in [3.05, 3.63) is 59.1 Å². The average Bonchev–Trinajstić information content (AvgIpc) is 3.12. The molecule has 7 heteroatoms. The number of aliphatic hydroxyl groups excluding tert-OH is 1. The van der Waals surface area contributed by atoms with Gasteiger partial charge in [-0.25, -0.2) is 13.8 Å². The van der Waals surface area contributed by atoms with Gasteiger partial charge in [-0.2, -0.15) is 0 Å². The Kier molecular flexibility index (Phi) is 4.95. The van der Waals surface area contributed by atoms with Gasteiger partial charge in [-0.3, -0.25) is 0 Å². The summed E-state index contributed by atoms with van der Waals surface area (Å²) in [5.41, 5.74) is 3.23. The van der Waals surface area contributed by atoms with Crippen LogP contribution in [-0.4, -0.2) is 22.1 Å². The van der Waals surface area contributed by atoms with Crippen LogP contribution in [0, 0.1) is 0 Å². The topological polar surface area (TPSA) is 54.4 Å². The van der Waals surface area contributed by atoms with Crippen molar-refractivity contribution in [1.29, 1.82) is 0 Å². The Morgan fingerprint density at radius 1 is 1.10 bits per heavy atom. The van der Waals surface area contributed by atoms with Crippen LogP contribution < -0.4 is 10.1 Å². The lowest BCUT2D eigenvalue weighted by molar-refractivity contribution is -0.134. The van der Waals surface area contributed by atoms with E-state index in [-0.39, 0.29) is 12.8 Å². The smallest absolute Gasteiger partial charge is 0.255 e. The van der Waals surface area contributed by atoms with E-state index < -0.39 is 18.1 Å². The molecule has 0 aliphatic heterocycles. The molecule has 5 rings (SSSR count). The number of nitrogens with one attached hydrogen (secondary N) is 1. The van der Waals surface area contributed by atoms with Crippen molar-refractivity contribution in [2.75, 3.05) is 5.32 Å². The Morgan fingerprint density at radius 3 is 2.63 bits per heavy atom. The zero-order valence-electron chi connectivity index (χ0n) is 16.3. The number of aliphatic hydroxyl groups is 1. The zero-order chi connectivity index (χ0) is 20.7. The van der Waals surface area contributed by atoms with E-state index in [0.717, 1.165) is 41.0 Å². The molecule has 3 aromatic rings. The fourth-order valence-electron chi connectivity index (χ4n) is 4.03. The maximum absolute atomic E-state index is 13.4. The quantitative estimate of drug-likeness (QED) is 0.516. The number of ether oxygens (including phenoxy) is 1. The Labute approximate surface area is 177 Å². The SMILES string of the molecule is OC1CCCc2sc(Nc3cccc(-c4ccccc4)c3OC3CC(F)(F)C3)nc21. The van der Waals surface area contributed by atoms with E-state index in [1.165, 1.54) is 11.3 Å². The highest BCUT2D eigenvalue weighted by atomic mass is 32.1. The fraction of sp³-hybridized carbons (Fsp3) is 0.348. The molecule has 156 valence electrons. The van der Waals surface area contributed by atoms with Crippen LogP contribution in [0.25, 0.3) is 11.1 Å². The maximum atomic E-state index is 13.4. The van der Waals surface area contributed by atoms with Gasteiger partial charge in [0.05, 0.1) is 17.5 Å². The minimum absolute atomic E-state index is 0.271. The summed E-state index contributed by atoms with van der Waals surface area (Å²) in [6.07, 6.45) is 1.01. The Hall–Kier alpha value is -2.51. The summed E-state index contributed by atoms with van der Waals surface area (Å²) >= 11 is 1.52.